The van der Waals surface area contributed by atoms with Crippen molar-refractivity contribution in [3.05, 3.63) is 58.4 Å². The molecular weight excluding hydrogens is 402 g/mol. The van der Waals surface area contributed by atoms with E-state index in [4.69, 9.17) is 4.74 Å². The van der Waals surface area contributed by atoms with E-state index in [0.717, 1.165) is 42.5 Å². The van der Waals surface area contributed by atoms with Crippen LogP contribution in [0.25, 0.3) is 0 Å². The number of carbonyl (C=O) groups is 2. The molecule has 0 saturated carbocycles. The maximum Gasteiger partial charge on any atom is 0.340 e. The van der Waals surface area contributed by atoms with Crippen LogP contribution >= 0.6 is 0 Å². The first-order chi connectivity index (χ1) is 15.5. The Labute approximate surface area is 191 Å². The molecule has 1 aromatic heterocycles. The van der Waals surface area contributed by atoms with Crippen molar-refractivity contribution in [3.63, 3.8) is 0 Å². The number of aryl methyl sites for hydroxylation is 2. The van der Waals surface area contributed by atoms with Gasteiger partial charge in [-0.3, -0.25) is 4.79 Å². The molecular formula is C26H37N3O3. The molecule has 2 N–H and O–H groups in total. The van der Waals surface area contributed by atoms with Crippen LogP contribution in [0.1, 0.15) is 59.1 Å². The van der Waals surface area contributed by atoms with Crippen LogP contribution in [0.3, 0.4) is 0 Å². The zero-order valence-electron chi connectivity index (χ0n) is 19.7. The average Bonchev–Trinajstić information content (AvgIpc) is 3.07. The first-order valence-electron chi connectivity index (χ1n) is 11.9. The Kier molecular flexibility index (Phi) is 8.91. The molecule has 0 unspecified atom stereocenters. The third-order valence-corrected chi connectivity index (χ3v) is 6.45. The molecule has 1 fully saturated rings. The topological polar surface area (TPSA) is 74.4 Å². The molecule has 0 aliphatic carbocycles. The number of esters is 1. The SMILES string of the molecule is CCOC(=O)c1c(C)[nH]c(CCC(=O)NCCN2CCC(Cc3ccccc3)CC2)c1C. The second-order valence-electron chi connectivity index (χ2n) is 8.77. The van der Waals surface area contributed by atoms with E-state index < -0.39 is 0 Å². The number of ether oxygens (including phenoxy) is 1. The summed E-state index contributed by atoms with van der Waals surface area (Å²) >= 11 is 0. The van der Waals surface area contributed by atoms with Crippen molar-refractivity contribution >= 4 is 11.9 Å². The molecule has 6 heteroatoms. The van der Waals surface area contributed by atoms with E-state index in [1.54, 1.807) is 6.92 Å². The highest BCUT2D eigenvalue weighted by atomic mass is 16.5. The van der Waals surface area contributed by atoms with E-state index in [-0.39, 0.29) is 11.9 Å². The second-order valence-corrected chi connectivity index (χ2v) is 8.77. The van der Waals surface area contributed by atoms with Crippen LogP contribution in [-0.2, 0) is 22.4 Å². The molecule has 0 atom stereocenters. The van der Waals surface area contributed by atoms with Gasteiger partial charge in [0.15, 0.2) is 0 Å². The number of hydrogen-bond acceptors (Lipinski definition) is 4. The van der Waals surface area contributed by atoms with Crippen molar-refractivity contribution < 1.29 is 14.3 Å². The highest BCUT2D eigenvalue weighted by Gasteiger charge is 2.21. The highest BCUT2D eigenvalue weighted by molar-refractivity contribution is 5.92. The summed E-state index contributed by atoms with van der Waals surface area (Å²) in [5.74, 6) is 0.505. The van der Waals surface area contributed by atoms with Crippen LogP contribution < -0.4 is 5.32 Å². The standard InChI is InChI=1S/C26H37N3O3/c1-4-32-26(31)25-19(2)23(28-20(25)3)10-11-24(30)27-14-17-29-15-12-22(13-16-29)18-21-8-6-5-7-9-21/h5-9,22,28H,4,10-18H2,1-3H3,(H,27,30). The van der Waals surface area contributed by atoms with Crippen LogP contribution in [0.4, 0.5) is 0 Å². The number of benzene rings is 1. The minimum atomic E-state index is -0.304. The van der Waals surface area contributed by atoms with Gasteiger partial charge >= 0.3 is 5.97 Å². The summed E-state index contributed by atoms with van der Waals surface area (Å²) < 4.78 is 5.13. The number of hydrogen-bond donors (Lipinski definition) is 2. The van der Waals surface area contributed by atoms with Gasteiger partial charge in [0.2, 0.25) is 5.91 Å². The predicted octanol–water partition coefficient (Wildman–Crippen LogP) is 3.81. The van der Waals surface area contributed by atoms with E-state index in [1.807, 2.05) is 13.8 Å². The summed E-state index contributed by atoms with van der Waals surface area (Å²) in [6, 6.07) is 10.7. The van der Waals surface area contributed by atoms with Gasteiger partial charge in [-0.2, -0.15) is 0 Å². The minimum Gasteiger partial charge on any atom is -0.462 e. The number of aromatic nitrogens is 1. The molecule has 2 heterocycles. The van der Waals surface area contributed by atoms with E-state index >= 15 is 0 Å². The predicted molar refractivity (Wildman–Crippen MR) is 127 cm³/mol. The zero-order valence-corrected chi connectivity index (χ0v) is 19.7. The van der Waals surface area contributed by atoms with Crippen molar-refractivity contribution in [2.75, 3.05) is 32.8 Å². The van der Waals surface area contributed by atoms with Crippen LogP contribution in [0.2, 0.25) is 0 Å². The van der Waals surface area contributed by atoms with Gasteiger partial charge in [-0.1, -0.05) is 30.3 Å². The molecule has 6 nitrogen and oxygen atoms in total. The number of H-pyrrole nitrogens is 1. The first-order valence-corrected chi connectivity index (χ1v) is 11.9. The zero-order chi connectivity index (χ0) is 22.9. The molecule has 1 aliphatic rings. The molecule has 32 heavy (non-hydrogen) atoms. The number of rotatable bonds is 10. The number of nitrogens with zero attached hydrogens (tertiary/aromatic N) is 1. The molecule has 0 bridgehead atoms. The summed E-state index contributed by atoms with van der Waals surface area (Å²) in [7, 11) is 0. The van der Waals surface area contributed by atoms with Gasteiger partial charge in [-0.25, -0.2) is 4.79 Å². The summed E-state index contributed by atoms with van der Waals surface area (Å²) in [4.78, 5) is 30.1. The van der Waals surface area contributed by atoms with Crippen molar-refractivity contribution in [3.8, 4) is 0 Å². The third kappa shape index (κ3) is 6.70. The Bertz CT molecular complexity index is 883. The van der Waals surface area contributed by atoms with Crippen LogP contribution in [-0.4, -0.2) is 54.5 Å². The van der Waals surface area contributed by atoms with Crippen molar-refractivity contribution in [2.24, 2.45) is 5.92 Å². The van der Waals surface area contributed by atoms with Crippen LogP contribution in [0.15, 0.2) is 30.3 Å². The third-order valence-electron chi connectivity index (χ3n) is 6.45. The number of aromatic amines is 1. The lowest BCUT2D eigenvalue weighted by Crippen LogP contribution is -2.40. The molecule has 2 aromatic rings. The molecule has 0 radical (unpaired) electrons. The molecule has 174 valence electrons. The Morgan fingerprint density at radius 1 is 1.16 bits per heavy atom. The maximum atomic E-state index is 12.3. The fraction of sp³-hybridized carbons (Fsp3) is 0.538. The number of likely N-dealkylation sites (tertiary alicyclic amines) is 1. The van der Waals surface area contributed by atoms with Gasteiger partial charge in [0.1, 0.15) is 0 Å². The lowest BCUT2D eigenvalue weighted by Gasteiger charge is -2.32. The number of carbonyl (C=O) groups excluding carboxylic acids is 2. The van der Waals surface area contributed by atoms with Crippen molar-refractivity contribution in [1.82, 2.24) is 15.2 Å². The Morgan fingerprint density at radius 3 is 2.56 bits per heavy atom. The van der Waals surface area contributed by atoms with Crippen LogP contribution in [0.5, 0.6) is 0 Å². The van der Waals surface area contributed by atoms with E-state index in [9.17, 15) is 9.59 Å². The van der Waals surface area contributed by atoms with E-state index in [2.05, 4.69) is 45.5 Å². The van der Waals surface area contributed by atoms with Gasteiger partial charge < -0.3 is 19.9 Å². The van der Waals surface area contributed by atoms with E-state index in [1.165, 1.54) is 24.8 Å². The number of nitrogens with one attached hydrogen (secondary N) is 2. The smallest absolute Gasteiger partial charge is 0.340 e. The summed E-state index contributed by atoms with van der Waals surface area (Å²) in [6.07, 6.45) is 4.60. The molecule has 0 spiro atoms. The highest BCUT2D eigenvalue weighted by Crippen LogP contribution is 2.22. The Hall–Kier alpha value is -2.60. The normalized spacial score (nSPS) is 15.0. The molecule has 1 aliphatic heterocycles. The van der Waals surface area contributed by atoms with Gasteiger partial charge in [0.25, 0.3) is 0 Å². The van der Waals surface area contributed by atoms with Crippen molar-refractivity contribution in [1.29, 1.82) is 0 Å². The second kappa shape index (κ2) is 11.9. The van der Waals surface area contributed by atoms with Gasteiger partial charge in [0, 0.05) is 30.9 Å². The molecule has 1 aromatic carbocycles. The van der Waals surface area contributed by atoms with E-state index in [0.29, 0.717) is 31.6 Å². The quantitative estimate of drug-likeness (QED) is 0.552. The molecule has 1 saturated heterocycles. The Balaban J connectivity index is 1.34. The van der Waals surface area contributed by atoms with Crippen molar-refractivity contribution in [2.45, 2.75) is 52.9 Å². The fourth-order valence-corrected chi connectivity index (χ4v) is 4.62. The first kappa shape index (κ1) is 24.1. The fourth-order valence-electron chi connectivity index (χ4n) is 4.62. The number of piperidine rings is 1. The lowest BCUT2D eigenvalue weighted by atomic mass is 9.90. The average molecular weight is 440 g/mol. The maximum absolute atomic E-state index is 12.3. The summed E-state index contributed by atoms with van der Waals surface area (Å²) in [5, 5.41) is 3.05. The van der Waals surface area contributed by atoms with Crippen LogP contribution in [0, 0.1) is 19.8 Å². The number of amides is 1. The molecule has 3 rings (SSSR count). The lowest BCUT2D eigenvalue weighted by molar-refractivity contribution is -0.121. The molecule has 1 amide bonds. The van der Waals surface area contributed by atoms with Gasteiger partial charge in [-0.15, -0.1) is 0 Å². The monoisotopic (exact) mass is 439 g/mol. The largest absolute Gasteiger partial charge is 0.462 e. The van der Waals surface area contributed by atoms with Gasteiger partial charge in [0.05, 0.1) is 12.2 Å². The minimum absolute atomic E-state index is 0.0494. The Morgan fingerprint density at radius 2 is 1.88 bits per heavy atom. The summed E-state index contributed by atoms with van der Waals surface area (Å²) in [6.45, 7) is 9.71. The summed E-state index contributed by atoms with van der Waals surface area (Å²) in [5.41, 5.74) is 4.64. The van der Waals surface area contributed by atoms with Gasteiger partial charge in [-0.05, 0) is 76.6 Å².